The summed E-state index contributed by atoms with van der Waals surface area (Å²) in [5.41, 5.74) is 2.90. The Kier molecular flexibility index (Phi) is 8.32. The minimum absolute atomic E-state index is 0.0342. The molecule has 0 radical (unpaired) electrons. The Morgan fingerprint density at radius 3 is 2.45 bits per heavy atom. The molecule has 1 heterocycles. The number of hydrogen-bond acceptors (Lipinski definition) is 3. The molecule has 1 aliphatic carbocycles. The summed E-state index contributed by atoms with van der Waals surface area (Å²) in [7, 11) is 0. The highest BCUT2D eigenvalue weighted by molar-refractivity contribution is 6.04. The van der Waals surface area contributed by atoms with Crippen LogP contribution in [0.3, 0.4) is 0 Å². The third kappa shape index (κ3) is 6.32. The minimum Gasteiger partial charge on any atom is -0.321 e. The van der Waals surface area contributed by atoms with Crippen molar-refractivity contribution in [3.8, 4) is 11.8 Å². The van der Waals surface area contributed by atoms with Gasteiger partial charge in [-0.2, -0.15) is 18.4 Å². The van der Waals surface area contributed by atoms with E-state index in [9.17, 15) is 23.2 Å². The summed E-state index contributed by atoms with van der Waals surface area (Å²) in [5.74, 6) is -0.0447. The number of nitrogens with one attached hydrogen (secondary N) is 2. The molecule has 5 rings (SSSR count). The Hall–Kier alpha value is -4.61. The lowest BCUT2D eigenvalue weighted by atomic mass is 9.96. The molecule has 2 N–H and O–H groups in total. The van der Waals surface area contributed by atoms with Crippen LogP contribution in [0.25, 0.3) is 11.8 Å². The molecule has 4 aromatic rings. The van der Waals surface area contributed by atoms with Crippen molar-refractivity contribution in [2.24, 2.45) is 5.92 Å². The number of benzene rings is 3. The molecular weight excluding hydrogens is 537 g/mol. The molecule has 8 heteroatoms. The molecule has 1 fully saturated rings. The van der Waals surface area contributed by atoms with E-state index >= 15 is 0 Å². The number of nitriles is 1. The van der Waals surface area contributed by atoms with Gasteiger partial charge in [0.25, 0.3) is 5.91 Å². The summed E-state index contributed by atoms with van der Waals surface area (Å²) >= 11 is 0. The van der Waals surface area contributed by atoms with Crippen LogP contribution in [0.5, 0.6) is 0 Å². The number of carbonyl (C=O) groups is 1. The molecule has 5 nitrogen and oxygen atoms in total. The van der Waals surface area contributed by atoms with Crippen LogP contribution in [0.2, 0.25) is 0 Å². The fourth-order valence-electron chi connectivity index (χ4n) is 5.21. The van der Waals surface area contributed by atoms with Crippen LogP contribution >= 0.6 is 0 Å². The van der Waals surface area contributed by atoms with E-state index in [0.29, 0.717) is 17.3 Å². The number of hydrogen-bond donors (Lipinski definition) is 2. The first-order valence-corrected chi connectivity index (χ1v) is 13.9. The van der Waals surface area contributed by atoms with Gasteiger partial charge >= 0.3 is 6.18 Å². The Morgan fingerprint density at radius 1 is 1.07 bits per heavy atom. The number of alkyl halides is 3. The quantitative estimate of drug-likeness (QED) is 0.204. The molecule has 1 amide bonds. The molecule has 1 aliphatic rings. The average molecular weight is 569 g/mol. The van der Waals surface area contributed by atoms with E-state index in [1.54, 1.807) is 37.3 Å². The van der Waals surface area contributed by atoms with Crippen LogP contribution in [0.4, 0.5) is 18.9 Å². The van der Waals surface area contributed by atoms with Crippen LogP contribution in [0.15, 0.2) is 85.4 Å². The number of anilines is 1. The molecule has 214 valence electrons. The van der Waals surface area contributed by atoms with E-state index in [1.807, 2.05) is 42.5 Å². The zero-order valence-electron chi connectivity index (χ0n) is 23.2. The van der Waals surface area contributed by atoms with Crippen molar-refractivity contribution in [2.45, 2.75) is 38.4 Å². The average Bonchev–Trinajstić information content (AvgIpc) is 3.73. The third-order valence-corrected chi connectivity index (χ3v) is 7.47. The fourth-order valence-corrected chi connectivity index (χ4v) is 5.21. The molecule has 3 aromatic carbocycles. The summed E-state index contributed by atoms with van der Waals surface area (Å²) in [5, 5.41) is 15.8. The Morgan fingerprint density at radius 2 is 1.79 bits per heavy atom. The van der Waals surface area contributed by atoms with Gasteiger partial charge in [-0.25, -0.2) is 0 Å². The number of aromatic nitrogens is 1. The van der Waals surface area contributed by atoms with Crippen molar-refractivity contribution >= 4 is 17.7 Å². The molecule has 0 spiro atoms. The van der Waals surface area contributed by atoms with E-state index < -0.39 is 17.6 Å². The third-order valence-electron chi connectivity index (χ3n) is 7.47. The van der Waals surface area contributed by atoms with Crippen LogP contribution in [0, 0.1) is 17.2 Å². The van der Waals surface area contributed by atoms with Crippen LogP contribution in [-0.2, 0) is 12.6 Å². The first-order valence-electron chi connectivity index (χ1n) is 13.9. The second-order valence-electron chi connectivity index (χ2n) is 10.5. The standard InChI is InChI=1S/C34H31F3N4O/c1-3-22-8-5-10-25(16-22)32(39-21-23-14-15-23)26-11-7-12-27(18-26)40-33(42)31-19-29(34(35,36)37)30(4-2)41(31)28-13-6-9-24(17-28)20-38/h3,5-13,16-19,23,32,39H,1,4,14-15,21H2,2H3,(H,40,42). The van der Waals surface area contributed by atoms with Crippen molar-refractivity contribution in [3.63, 3.8) is 0 Å². The number of nitrogens with zero attached hydrogens (tertiary/aromatic N) is 2. The summed E-state index contributed by atoms with van der Waals surface area (Å²) in [6, 6.07) is 24.4. The van der Waals surface area contributed by atoms with E-state index in [2.05, 4.69) is 23.3 Å². The van der Waals surface area contributed by atoms with Crippen molar-refractivity contribution in [2.75, 3.05) is 11.9 Å². The molecule has 1 unspecified atom stereocenters. The second kappa shape index (κ2) is 12.1. The summed E-state index contributed by atoms with van der Waals surface area (Å²) < 4.78 is 43.5. The summed E-state index contributed by atoms with van der Waals surface area (Å²) in [6.45, 7) is 6.34. The van der Waals surface area contributed by atoms with Crippen molar-refractivity contribution in [3.05, 3.63) is 125 Å². The first-order chi connectivity index (χ1) is 20.2. The maximum Gasteiger partial charge on any atom is 0.418 e. The van der Waals surface area contributed by atoms with Gasteiger partial charge in [-0.1, -0.05) is 56.0 Å². The highest BCUT2D eigenvalue weighted by Crippen LogP contribution is 2.37. The summed E-state index contributed by atoms with van der Waals surface area (Å²) in [6.07, 6.45) is -0.442. The molecule has 0 aliphatic heterocycles. The Bertz CT molecular complexity index is 1660. The van der Waals surface area contributed by atoms with Gasteiger partial charge in [0, 0.05) is 17.1 Å². The van der Waals surface area contributed by atoms with Crippen molar-refractivity contribution in [1.82, 2.24) is 9.88 Å². The largest absolute Gasteiger partial charge is 0.418 e. The highest BCUT2D eigenvalue weighted by atomic mass is 19.4. The predicted molar refractivity (Wildman–Crippen MR) is 158 cm³/mol. The van der Waals surface area contributed by atoms with E-state index in [4.69, 9.17) is 0 Å². The van der Waals surface area contributed by atoms with Gasteiger partial charge < -0.3 is 15.2 Å². The summed E-state index contributed by atoms with van der Waals surface area (Å²) in [4.78, 5) is 13.6. The molecular formula is C34H31F3N4O. The second-order valence-corrected chi connectivity index (χ2v) is 10.5. The molecule has 42 heavy (non-hydrogen) atoms. The zero-order chi connectivity index (χ0) is 29.9. The van der Waals surface area contributed by atoms with Gasteiger partial charge in [0.05, 0.1) is 23.2 Å². The lowest BCUT2D eigenvalue weighted by Gasteiger charge is -2.21. The first kappa shape index (κ1) is 28.9. The highest BCUT2D eigenvalue weighted by Gasteiger charge is 2.37. The fraction of sp³-hybridized carbons (Fsp3) is 0.235. The molecule has 0 bridgehead atoms. The number of rotatable bonds is 10. The smallest absolute Gasteiger partial charge is 0.321 e. The van der Waals surface area contributed by atoms with Gasteiger partial charge in [-0.05, 0) is 90.9 Å². The molecule has 1 saturated carbocycles. The van der Waals surface area contributed by atoms with Gasteiger partial charge in [0.1, 0.15) is 5.69 Å². The van der Waals surface area contributed by atoms with Gasteiger partial charge in [0.2, 0.25) is 0 Å². The van der Waals surface area contributed by atoms with E-state index in [1.165, 1.54) is 23.5 Å². The molecule has 0 saturated heterocycles. The van der Waals surface area contributed by atoms with Gasteiger partial charge in [-0.3, -0.25) is 4.79 Å². The predicted octanol–water partition coefficient (Wildman–Crippen LogP) is 7.91. The van der Waals surface area contributed by atoms with Crippen molar-refractivity contribution < 1.29 is 18.0 Å². The normalized spacial score (nSPS) is 13.8. The molecule has 1 atom stereocenters. The Balaban J connectivity index is 1.51. The minimum atomic E-state index is -4.65. The zero-order valence-corrected chi connectivity index (χ0v) is 23.2. The topological polar surface area (TPSA) is 69.8 Å². The van der Waals surface area contributed by atoms with Crippen LogP contribution < -0.4 is 10.6 Å². The van der Waals surface area contributed by atoms with E-state index in [-0.39, 0.29) is 29.4 Å². The number of halogens is 3. The SMILES string of the molecule is C=Cc1cccc(C(NCC2CC2)c2cccc(NC(=O)c3cc(C(F)(F)F)c(CC)n3-c3cccc(C#N)c3)c2)c1. The number of carbonyl (C=O) groups excluding carboxylic acids is 1. The van der Waals surface area contributed by atoms with Gasteiger partial charge in [0.15, 0.2) is 0 Å². The maximum absolute atomic E-state index is 14.1. The van der Waals surface area contributed by atoms with Gasteiger partial charge in [-0.15, -0.1) is 0 Å². The lowest BCUT2D eigenvalue weighted by Crippen LogP contribution is -2.25. The van der Waals surface area contributed by atoms with Crippen molar-refractivity contribution in [1.29, 1.82) is 5.26 Å². The van der Waals surface area contributed by atoms with Crippen LogP contribution in [-0.4, -0.2) is 17.0 Å². The Labute approximate surface area is 243 Å². The number of amides is 1. The lowest BCUT2D eigenvalue weighted by molar-refractivity contribution is -0.138. The monoisotopic (exact) mass is 568 g/mol. The van der Waals surface area contributed by atoms with Crippen LogP contribution in [0.1, 0.15) is 69.8 Å². The van der Waals surface area contributed by atoms with E-state index in [0.717, 1.165) is 29.3 Å². The molecule has 1 aromatic heterocycles. The maximum atomic E-state index is 14.1.